The molecule has 2 aromatic rings. The smallest absolute Gasteiger partial charge is 0.263 e. The lowest BCUT2D eigenvalue weighted by Gasteiger charge is -2.19. The molecule has 0 radical (unpaired) electrons. The molecule has 2 heterocycles. The first kappa shape index (κ1) is 13.7. The Morgan fingerprint density at radius 2 is 2.37 bits per heavy atom. The molecule has 0 saturated carbocycles. The molecule has 0 aliphatic heterocycles. The molecule has 102 valence electrons. The topological polar surface area (TPSA) is 74.8 Å². The van der Waals surface area contributed by atoms with Crippen LogP contribution in [-0.4, -0.2) is 45.0 Å². The van der Waals surface area contributed by atoms with Gasteiger partial charge in [-0.15, -0.1) is 21.5 Å². The van der Waals surface area contributed by atoms with E-state index in [2.05, 4.69) is 27.5 Å². The Hall–Kier alpha value is -1.76. The van der Waals surface area contributed by atoms with Gasteiger partial charge in [0.25, 0.3) is 5.91 Å². The molecule has 2 aromatic heterocycles. The molecule has 0 fully saturated rings. The quantitative estimate of drug-likeness (QED) is 0.904. The first-order chi connectivity index (χ1) is 9.13. The summed E-state index contributed by atoms with van der Waals surface area (Å²) in [7, 11) is 1.80. The Kier molecular flexibility index (Phi) is 4.26. The van der Waals surface area contributed by atoms with Crippen molar-refractivity contribution in [1.29, 1.82) is 0 Å². The van der Waals surface area contributed by atoms with Crippen molar-refractivity contribution in [3.05, 3.63) is 27.7 Å². The summed E-state index contributed by atoms with van der Waals surface area (Å²) in [6.07, 6.45) is 0.874. The van der Waals surface area contributed by atoms with Crippen molar-refractivity contribution in [2.45, 2.75) is 26.2 Å². The van der Waals surface area contributed by atoms with Crippen molar-refractivity contribution >= 4 is 17.2 Å². The molecule has 0 aliphatic carbocycles. The summed E-state index contributed by atoms with van der Waals surface area (Å²) >= 11 is 1.49. The number of tetrazole rings is 1. The fourth-order valence-electron chi connectivity index (χ4n) is 1.93. The maximum absolute atomic E-state index is 12.4. The molecule has 0 aliphatic rings. The number of aromatic amines is 1. The number of hydrogen-bond acceptors (Lipinski definition) is 5. The molecule has 0 unspecified atom stereocenters. The second-order valence-corrected chi connectivity index (χ2v) is 5.40. The van der Waals surface area contributed by atoms with Crippen molar-refractivity contribution < 1.29 is 4.79 Å². The van der Waals surface area contributed by atoms with Crippen molar-refractivity contribution in [3.8, 4) is 0 Å². The van der Waals surface area contributed by atoms with Crippen molar-refractivity contribution in [1.82, 2.24) is 25.5 Å². The third-order valence-corrected chi connectivity index (χ3v) is 3.96. The average molecular weight is 279 g/mol. The lowest BCUT2D eigenvalue weighted by molar-refractivity contribution is 0.0791. The van der Waals surface area contributed by atoms with E-state index in [1.807, 2.05) is 18.4 Å². The monoisotopic (exact) mass is 279 g/mol. The predicted octanol–water partition coefficient (Wildman–Crippen LogP) is 1.70. The minimum Gasteiger partial charge on any atom is -0.340 e. The lowest BCUT2D eigenvalue weighted by Crippen LogP contribution is -2.30. The standard InChI is InChI=1S/C12H17N5OS/c1-4-9-5-6-19-10(9)12(18)17(3)7-8(2)11-13-15-16-14-11/h5-6,8H,4,7H2,1-3H3,(H,13,14,15,16)/t8-/m0/s1. The second-order valence-electron chi connectivity index (χ2n) is 4.49. The Morgan fingerprint density at radius 1 is 1.58 bits per heavy atom. The van der Waals surface area contributed by atoms with E-state index >= 15 is 0 Å². The molecule has 0 saturated heterocycles. The molecule has 19 heavy (non-hydrogen) atoms. The van der Waals surface area contributed by atoms with Crippen LogP contribution >= 0.6 is 11.3 Å². The molecule has 0 bridgehead atoms. The third-order valence-electron chi connectivity index (χ3n) is 3.02. The lowest BCUT2D eigenvalue weighted by atomic mass is 10.1. The molecule has 1 amide bonds. The van der Waals surface area contributed by atoms with E-state index in [4.69, 9.17) is 0 Å². The van der Waals surface area contributed by atoms with Crippen molar-refractivity contribution in [3.63, 3.8) is 0 Å². The van der Waals surface area contributed by atoms with Gasteiger partial charge in [0.15, 0.2) is 5.82 Å². The summed E-state index contributed by atoms with van der Waals surface area (Å²) in [5.41, 5.74) is 1.11. The van der Waals surface area contributed by atoms with E-state index in [1.54, 1.807) is 11.9 Å². The van der Waals surface area contributed by atoms with Crippen LogP contribution in [0.15, 0.2) is 11.4 Å². The zero-order valence-electron chi connectivity index (χ0n) is 11.3. The number of thiophene rings is 1. The fraction of sp³-hybridized carbons (Fsp3) is 0.500. The van der Waals surface area contributed by atoms with Gasteiger partial charge < -0.3 is 4.90 Å². The number of nitrogens with one attached hydrogen (secondary N) is 1. The van der Waals surface area contributed by atoms with E-state index in [-0.39, 0.29) is 11.8 Å². The van der Waals surface area contributed by atoms with Crippen molar-refractivity contribution in [2.24, 2.45) is 0 Å². The second kappa shape index (κ2) is 5.92. The molecule has 0 spiro atoms. The van der Waals surface area contributed by atoms with Gasteiger partial charge in [0.05, 0.1) is 4.88 Å². The third kappa shape index (κ3) is 2.98. The van der Waals surface area contributed by atoms with Crippen LogP contribution in [0.4, 0.5) is 0 Å². The van der Waals surface area contributed by atoms with Crippen molar-refractivity contribution in [2.75, 3.05) is 13.6 Å². The first-order valence-electron chi connectivity index (χ1n) is 6.18. The highest BCUT2D eigenvalue weighted by atomic mass is 32.1. The van der Waals surface area contributed by atoms with Crippen LogP contribution in [0.2, 0.25) is 0 Å². The van der Waals surface area contributed by atoms with Crippen LogP contribution in [0.5, 0.6) is 0 Å². The summed E-state index contributed by atoms with van der Waals surface area (Å²) in [5, 5.41) is 15.8. The first-order valence-corrected chi connectivity index (χ1v) is 7.06. The number of H-pyrrole nitrogens is 1. The number of amides is 1. The largest absolute Gasteiger partial charge is 0.340 e. The van der Waals surface area contributed by atoms with Crippen LogP contribution in [0.1, 0.15) is 40.8 Å². The zero-order valence-corrected chi connectivity index (χ0v) is 12.1. The number of aromatic nitrogens is 4. The minimum atomic E-state index is 0.0535. The van der Waals surface area contributed by atoms with Gasteiger partial charge in [-0.25, -0.2) is 0 Å². The Bertz CT molecular complexity index is 536. The number of carbonyl (C=O) groups excluding carboxylic acids is 1. The number of hydrogen-bond donors (Lipinski definition) is 1. The maximum Gasteiger partial charge on any atom is 0.263 e. The summed E-state index contributed by atoms with van der Waals surface area (Å²) in [6.45, 7) is 4.60. The van der Waals surface area contributed by atoms with Gasteiger partial charge in [0.1, 0.15) is 0 Å². The summed E-state index contributed by atoms with van der Waals surface area (Å²) < 4.78 is 0. The number of carbonyl (C=O) groups is 1. The molecule has 7 heteroatoms. The normalized spacial score (nSPS) is 12.4. The number of aryl methyl sites for hydroxylation is 1. The van der Waals surface area contributed by atoms with Crippen LogP contribution in [-0.2, 0) is 6.42 Å². The number of nitrogens with zero attached hydrogens (tertiary/aromatic N) is 4. The van der Waals surface area contributed by atoms with Gasteiger partial charge in [-0.05, 0) is 23.4 Å². The van der Waals surface area contributed by atoms with Gasteiger partial charge in [0.2, 0.25) is 0 Å². The Balaban J connectivity index is 2.04. The van der Waals surface area contributed by atoms with Crippen LogP contribution in [0, 0.1) is 0 Å². The van der Waals surface area contributed by atoms with E-state index < -0.39 is 0 Å². The summed E-state index contributed by atoms with van der Waals surface area (Å²) in [4.78, 5) is 14.9. The minimum absolute atomic E-state index is 0.0535. The van der Waals surface area contributed by atoms with E-state index in [1.165, 1.54) is 11.3 Å². The van der Waals surface area contributed by atoms with Gasteiger partial charge >= 0.3 is 0 Å². The van der Waals surface area contributed by atoms with E-state index in [0.717, 1.165) is 16.9 Å². The summed E-state index contributed by atoms with van der Waals surface area (Å²) in [6, 6.07) is 2.01. The van der Waals surface area contributed by atoms with E-state index in [0.29, 0.717) is 12.4 Å². The van der Waals surface area contributed by atoms with Gasteiger partial charge in [-0.1, -0.05) is 19.1 Å². The molecular formula is C12H17N5OS. The molecule has 2 rings (SSSR count). The number of rotatable bonds is 5. The Morgan fingerprint density at radius 3 is 3.00 bits per heavy atom. The summed E-state index contributed by atoms with van der Waals surface area (Å²) in [5.74, 6) is 0.737. The SMILES string of the molecule is CCc1ccsc1C(=O)N(C)C[C@H](C)c1nn[nH]n1. The highest BCUT2D eigenvalue weighted by Crippen LogP contribution is 2.20. The van der Waals surface area contributed by atoms with Gasteiger partial charge in [-0.2, -0.15) is 5.21 Å². The average Bonchev–Trinajstić information content (AvgIpc) is 3.08. The van der Waals surface area contributed by atoms with Crippen LogP contribution in [0.25, 0.3) is 0 Å². The van der Waals surface area contributed by atoms with Gasteiger partial charge in [0, 0.05) is 19.5 Å². The Labute approximate surface area is 115 Å². The highest BCUT2D eigenvalue weighted by Gasteiger charge is 2.20. The van der Waals surface area contributed by atoms with E-state index in [9.17, 15) is 4.79 Å². The van der Waals surface area contributed by atoms with Gasteiger partial charge in [-0.3, -0.25) is 4.79 Å². The highest BCUT2D eigenvalue weighted by molar-refractivity contribution is 7.12. The molecule has 1 N–H and O–H groups in total. The maximum atomic E-state index is 12.4. The molecule has 0 aromatic carbocycles. The van der Waals surface area contributed by atoms with Crippen LogP contribution in [0.3, 0.4) is 0 Å². The van der Waals surface area contributed by atoms with Crippen LogP contribution < -0.4 is 0 Å². The molecular weight excluding hydrogens is 262 g/mol. The molecule has 1 atom stereocenters. The molecule has 6 nitrogen and oxygen atoms in total. The predicted molar refractivity (Wildman–Crippen MR) is 73.3 cm³/mol. The zero-order chi connectivity index (χ0) is 13.8. The number of likely N-dealkylation sites (N-methyl/N-ethyl adjacent to an activating group) is 1. The fourth-order valence-corrected chi connectivity index (χ4v) is 2.92.